The Morgan fingerprint density at radius 1 is 0.377 bits per heavy atom. The van der Waals surface area contributed by atoms with Crippen molar-refractivity contribution in [1.82, 2.24) is 14.1 Å². The van der Waals surface area contributed by atoms with Crippen LogP contribution in [-0.2, 0) is 0 Å². The van der Waals surface area contributed by atoms with Crippen LogP contribution in [0.5, 0.6) is 0 Å². The van der Waals surface area contributed by atoms with E-state index in [-0.39, 0.29) is 0 Å². The molecule has 3 heterocycles. The molecule has 0 radical (unpaired) electrons. The molecule has 0 aliphatic heterocycles. The highest BCUT2D eigenvalue weighted by atomic mass is 16.3. The van der Waals surface area contributed by atoms with Gasteiger partial charge in [-0.3, -0.25) is 4.57 Å². The number of benzene rings is 8. The molecule has 0 N–H and O–H groups in total. The van der Waals surface area contributed by atoms with Crippen LogP contribution in [-0.4, -0.2) is 14.1 Å². The SMILES string of the molecule is c1ccc(-c2cc(-c3nc4ccccc4n3-c3ccccc3)c3c(c2)oc2cc(-n4c5ccccc5c5cc(-c6ccccc6)ccc54)ccc23)cc1. The van der Waals surface area contributed by atoms with Gasteiger partial charge in [0.2, 0.25) is 0 Å². The molecule has 0 spiro atoms. The minimum atomic E-state index is 0.829. The predicted octanol–water partition coefficient (Wildman–Crippen LogP) is 13.0. The number of para-hydroxylation sites is 4. The van der Waals surface area contributed by atoms with Gasteiger partial charge in [0.1, 0.15) is 17.0 Å². The standard InChI is InChI=1S/C49H31N3O/c1-4-14-32(15-5-1)34-24-27-44-40(28-34)38-20-10-12-22-43(38)51(44)37-25-26-39-46(31-37)53-47-30-35(33-16-6-2-7-17-33)29-41(48(39)47)49-50-42-21-11-13-23-45(42)52(49)36-18-8-3-9-19-36/h1-31H. The van der Waals surface area contributed by atoms with Gasteiger partial charge in [-0.15, -0.1) is 0 Å². The molecule has 8 aromatic carbocycles. The summed E-state index contributed by atoms with van der Waals surface area (Å²) in [6.07, 6.45) is 0. The summed E-state index contributed by atoms with van der Waals surface area (Å²) >= 11 is 0. The number of furan rings is 1. The average Bonchev–Trinajstić information content (AvgIpc) is 3.90. The summed E-state index contributed by atoms with van der Waals surface area (Å²) in [5, 5.41) is 4.55. The van der Waals surface area contributed by atoms with E-state index in [1.807, 2.05) is 0 Å². The summed E-state index contributed by atoms with van der Waals surface area (Å²) in [6.45, 7) is 0. The van der Waals surface area contributed by atoms with E-state index in [9.17, 15) is 0 Å². The van der Waals surface area contributed by atoms with Crippen molar-refractivity contribution in [2.75, 3.05) is 0 Å². The van der Waals surface area contributed by atoms with E-state index in [1.165, 1.54) is 21.9 Å². The highest BCUT2D eigenvalue weighted by Crippen LogP contribution is 2.43. The first-order valence-corrected chi connectivity index (χ1v) is 18.0. The minimum Gasteiger partial charge on any atom is -0.456 e. The van der Waals surface area contributed by atoms with Crippen LogP contribution < -0.4 is 0 Å². The molecule has 0 unspecified atom stereocenters. The third-order valence-corrected chi connectivity index (χ3v) is 10.5. The second kappa shape index (κ2) is 11.7. The fourth-order valence-electron chi connectivity index (χ4n) is 8.11. The van der Waals surface area contributed by atoms with Crippen LogP contribution in [0.1, 0.15) is 0 Å². The Kier molecular flexibility index (Phi) is 6.52. The molecule has 0 bridgehead atoms. The first kappa shape index (κ1) is 29.5. The lowest BCUT2D eigenvalue weighted by Gasteiger charge is -2.12. The average molecular weight is 678 g/mol. The van der Waals surface area contributed by atoms with Crippen LogP contribution in [0, 0.1) is 0 Å². The van der Waals surface area contributed by atoms with Gasteiger partial charge in [-0.1, -0.05) is 115 Å². The Hall–Kier alpha value is -7.17. The molecule has 4 nitrogen and oxygen atoms in total. The van der Waals surface area contributed by atoms with Crippen molar-refractivity contribution in [3.8, 4) is 45.0 Å². The van der Waals surface area contributed by atoms with Crippen molar-refractivity contribution in [2.24, 2.45) is 0 Å². The summed E-state index contributed by atoms with van der Waals surface area (Å²) in [6, 6.07) is 66.5. The van der Waals surface area contributed by atoms with E-state index in [0.29, 0.717) is 0 Å². The van der Waals surface area contributed by atoms with E-state index in [1.54, 1.807) is 0 Å². The smallest absolute Gasteiger partial charge is 0.146 e. The summed E-state index contributed by atoms with van der Waals surface area (Å²) in [5.41, 5.74) is 13.7. The zero-order chi connectivity index (χ0) is 34.9. The van der Waals surface area contributed by atoms with E-state index in [0.717, 1.165) is 77.9 Å². The van der Waals surface area contributed by atoms with E-state index < -0.39 is 0 Å². The summed E-state index contributed by atoms with van der Waals surface area (Å²) in [4.78, 5) is 5.30. The molecule has 11 rings (SSSR count). The molecule has 0 saturated heterocycles. The van der Waals surface area contributed by atoms with Crippen molar-refractivity contribution in [2.45, 2.75) is 0 Å². The van der Waals surface area contributed by atoms with E-state index >= 15 is 0 Å². The number of aromatic nitrogens is 3. The lowest BCUT2D eigenvalue weighted by Crippen LogP contribution is -1.98. The maximum absolute atomic E-state index is 6.89. The first-order valence-electron chi connectivity index (χ1n) is 18.0. The highest BCUT2D eigenvalue weighted by Gasteiger charge is 2.22. The van der Waals surface area contributed by atoms with Crippen LogP contribution >= 0.6 is 0 Å². The van der Waals surface area contributed by atoms with Crippen molar-refractivity contribution >= 4 is 54.8 Å². The topological polar surface area (TPSA) is 35.9 Å². The predicted molar refractivity (Wildman–Crippen MR) is 219 cm³/mol. The monoisotopic (exact) mass is 677 g/mol. The number of rotatable bonds is 5. The number of nitrogens with zero attached hydrogens (tertiary/aromatic N) is 3. The molecule has 11 aromatic rings. The van der Waals surface area contributed by atoms with Crippen LogP contribution in [0.25, 0.3) is 99.8 Å². The molecule has 3 aromatic heterocycles. The van der Waals surface area contributed by atoms with Crippen LogP contribution in [0.2, 0.25) is 0 Å². The Labute approximate surface area is 305 Å². The van der Waals surface area contributed by atoms with Crippen LogP contribution in [0.3, 0.4) is 0 Å². The molecule has 248 valence electrons. The fraction of sp³-hybridized carbons (Fsp3) is 0. The highest BCUT2D eigenvalue weighted by molar-refractivity contribution is 6.15. The molecule has 0 saturated carbocycles. The third kappa shape index (κ3) is 4.66. The Bertz CT molecular complexity index is 3150. The van der Waals surface area contributed by atoms with Gasteiger partial charge in [-0.2, -0.15) is 0 Å². The lowest BCUT2D eigenvalue weighted by molar-refractivity contribution is 0.669. The zero-order valence-corrected chi connectivity index (χ0v) is 28.6. The Morgan fingerprint density at radius 2 is 1.04 bits per heavy atom. The summed E-state index contributed by atoms with van der Waals surface area (Å²) in [7, 11) is 0. The molecule has 0 fully saturated rings. The molecular weight excluding hydrogens is 647 g/mol. The maximum atomic E-state index is 6.89. The molecule has 4 heteroatoms. The minimum absolute atomic E-state index is 0.829. The lowest BCUT2D eigenvalue weighted by atomic mass is 9.98. The van der Waals surface area contributed by atoms with Crippen molar-refractivity contribution in [3.63, 3.8) is 0 Å². The largest absolute Gasteiger partial charge is 0.456 e. The van der Waals surface area contributed by atoms with Crippen LogP contribution in [0.4, 0.5) is 0 Å². The third-order valence-electron chi connectivity index (χ3n) is 10.5. The van der Waals surface area contributed by atoms with Gasteiger partial charge in [0.05, 0.1) is 22.1 Å². The van der Waals surface area contributed by atoms with Gasteiger partial charge in [0.15, 0.2) is 0 Å². The van der Waals surface area contributed by atoms with Gasteiger partial charge in [-0.05, 0) is 89.0 Å². The van der Waals surface area contributed by atoms with E-state index in [2.05, 4.69) is 197 Å². The van der Waals surface area contributed by atoms with Crippen molar-refractivity contribution in [3.05, 3.63) is 188 Å². The molecular formula is C49H31N3O. The van der Waals surface area contributed by atoms with Gasteiger partial charge in [0.25, 0.3) is 0 Å². The quantitative estimate of drug-likeness (QED) is 0.182. The molecule has 53 heavy (non-hydrogen) atoms. The number of hydrogen-bond acceptors (Lipinski definition) is 2. The fourth-order valence-corrected chi connectivity index (χ4v) is 8.11. The maximum Gasteiger partial charge on any atom is 0.146 e. The zero-order valence-electron chi connectivity index (χ0n) is 28.6. The van der Waals surface area contributed by atoms with Gasteiger partial charge >= 0.3 is 0 Å². The second-order valence-corrected chi connectivity index (χ2v) is 13.6. The van der Waals surface area contributed by atoms with Crippen molar-refractivity contribution < 1.29 is 4.42 Å². The number of hydrogen-bond donors (Lipinski definition) is 0. The number of imidazole rings is 1. The molecule has 0 amide bonds. The Balaban J connectivity index is 1.17. The van der Waals surface area contributed by atoms with Gasteiger partial charge < -0.3 is 8.98 Å². The van der Waals surface area contributed by atoms with Gasteiger partial charge in [-0.25, -0.2) is 4.98 Å². The first-order chi connectivity index (χ1) is 26.3. The van der Waals surface area contributed by atoms with Gasteiger partial charge in [0, 0.05) is 44.5 Å². The van der Waals surface area contributed by atoms with E-state index in [4.69, 9.17) is 9.40 Å². The normalized spacial score (nSPS) is 11.8. The van der Waals surface area contributed by atoms with Crippen molar-refractivity contribution in [1.29, 1.82) is 0 Å². The summed E-state index contributed by atoms with van der Waals surface area (Å²) in [5.74, 6) is 0.878. The number of fused-ring (bicyclic) bond motifs is 7. The summed E-state index contributed by atoms with van der Waals surface area (Å²) < 4.78 is 11.5. The molecule has 0 aliphatic carbocycles. The van der Waals surface area contributed by atoms with Crippen LogP contribution in [0.15, 0.2) is 192 Å². The molecule has 0 atom stereocenters. The second-order valence-electron chi connectivity index (χ2n) is 13.6. The molecule has 0 aliphatic rings. The Morgan fingerprint density at radius 3 is 1.83 bits per heavy atom.